The van der Waals surface area contributed by atoms with Crippen molar-refractivity contribution in [2.24, 2.45) is 7.05 Å². The lowest BCUT2D eigenvalue weighted by molar-refractivity contribution is -0.141. The molecule has 1 aliphatic rings. The van der Waals surface area contributed by atoms with Crippen LogP contribution in [-0.2, 0) is 26.2 Å². The number of pyridine rings is 1. The molecule has 0 radical (unpaired) electrons. The fourth-order valence-corrected chi connectivity index (χ4v) is 4.29. The van der Waals surface area contributed by atoms with Gasteiger partial charge in [0.05, 0.1) is 16.9 Å². The van der Waals surface area contributed by atoms with E-state index in [-0.39, 0.29) is 5.69 Å². The maximum Gasteiger partial charge on any atom is 0.433 e. The van der Waals surface area contributed by atoms with Gasteiger partial charge in [-0.2, -0.15) is 18.2 Å². The molecule has 0 unspecified atom stereocenters. The maximum atomic E-state index is 12.7. The Balaban J connectivity index is 0.00000133. The number of fused-ring (bicyclic) bond motifs is 3. The summed E-state index contributed by atoms with van der Waals surface area (Å²) in [6.45, 7) is 5.82. The van der Waals surface area contributed by atoms with Crippen LogP contribution in [0.1, 0.15) is 37.2 Å². The van der Waals surface area contributed by atoms with Crippen molar-refractivity contribution in [3.8, 4) is 16.9 Å². The summed E-state index contributed by atoms with van der Waals surface area (Å²) in [5.74, 6) is 0. The first-order valence-electron chi connectivity index (χ1n) is 11.3. The van der Waals surface area contributed by atoms with E-state index in [1.54, 1.807) is 12.3 Å². The van der Waals surface area contributed by atoms with Gasteiger partial charge in [-0.1, -0.05) is 19.9 Å². The summed E-state index contributed by atoms with van der Waals surface area (Å²) >= 11 is 0. The first-order chi connectivity index (χ1) is 16.3. The molecule has 9 heteroatoms. The number of nitrogens with one attached hydrogen (secondary N) is 1. The average molecular weight is 470 g/mol. The highest BCUT2D eigenvalue weighted by molar-refractivity contribution is 5.87. The van der Waals surface area contributed by atoms with E-state index in [4.69, 9.17) is 0 Å². The molecule has 0 amide bonds. The van der Waals surface area contributed by atoms with E-state index in [2.05, 4.69) is 19.9 Å². The largest absolute Gasteiger partial charge is 0.433 e. The SMILES string of the molecule is CC.Cn1c2c(c3ccc(-n4ccc(-c5ccc(C(F)(F)F)nc5)nc4=O)cc31)CNCCC2. The lowest BCUT2D eigenvalue weighted by Gasteiger charge is -2.09. The summed E-state index contributed by atoms with van der Waals surface area (Å²) in [5.41, 5.74) is 3.43. The second-order valence-corrected chi connectivity index (χ2v) is 7.86. The van der Waals surface area contributed by atoms with Crippen molar-refractivity contribution in [3.05, 3.63) is 76.2 Å². The molecule has 178 valence electrons. The minimum atomic E-state index is -4.51. The van der Waals surface area contributed by atoms with Crippen LogP contribution >= 0.6 is 0 Å². The van der Waals surface area contributed by atoms with Crippen LogP contribution in [0.2, 0.25) is 0 Å². The molecule has 1 aromatic carbocycles. The molecule has 4 aromatic rings. The Hall–Kier alpha value is -3.46. The summed E-state index contributed by atoms with van der Waals surface area (Å²) in [7, 11) is 2.04. The lowest BCUT2D eigenvalue weighted by atomic mass is 10.1. The number of nitrogens with zero attached hydrogens (tertiary/aromatic N) is 4. The Labute approximate surface area is 195 Å². The maximum absolute atomic E-state index is 12.7. The van der Waals surface area contributed by atoms with Crippen LogP contribution in [0.15, 0.2) is 53.6 Å². The van der Waals surface area contributed by atoms with Crippen molar-refractivity contribution in [2.75, 3.05) is 6.54 Å². The van der Waals surface area contributed by atoms with Crippen LogP contribution in [0.5, 0.6) is 0 Å². The Morgan fingerprint density at radius 2 is 1.88 bits per heavy atom. The molecule has 0 saturated carbocycles. The summed E-state index contributed by atoms with van der Waals surface area (Å²) in [4.78, 5) is 20.2. The predicted octanol–water partition coefficient (Wildman–Crippen LogP) is 4.87. The van der Waals surface area contributed by atoms with Gasteiger partial charge in [0, 0.05) is 42.6 Å². The average Bonchev–Trinajstić information content (AvgIpc) is 2.98. The Bertz CT molecular complexity index is 1370. The molecule has 1 aliphatic heterocycles. The van der Waals surface area contributed by atoms with Crippen molar-refractivity contribution in [2.45, 2.75) is 39.4 Å². The van der Waals surface area contributed by atoms with Gasteiger partial charge in [-0.05, 0) is 55.3 Å². The summed E-state index contributed by atoms with van der Waals surface area (Å²) in [6.07, 6.45) is 0.221. The third kappa shape index (κ3) is 4.35. The second kappa shape index (κ2) is 9.42. The Morgan fingerprint density at radius 3 is 2.56 bits per heavy atom. The van der Waals surface area contributed by atoms with Crippen LogP contribution in [0.3, 0.4) is 0 Å². The smallest absolute Gasteiger partial charge is 0.347 e. The van der Waals surface area contributed by atoms with Crippen molar-refractivity contribution in [1.29, 1.82) is 0 Å². The number of aryl methyl sites for hydroxylation is 1. The molecule has 0 aliphatic carbocycles. The third-order valence-corrected chi connectivity index (χ3v) is 5.92. The molecule has 0 spiro atoms. The number of halogens is 3. The van der Waals surface area contributed by atoms with Gasteiger partial charge in [-0.25, -0.2) is 4.79 Å². The van der Waals surface area contributed by atoms with Crippen molar-refractivity contribution >= 4 is 10.9 Å². The first kappa shape index (κ1) is 23.7. The van der Waals surface area contributed by atoms with Gasteiger partial charge < -0.3 is 9.88 Å². The quantitative estimate of drug-likeness (QED) is 0.455. The van der Waals surface area contributed by atoms with Crippen molar-refractivity contribution < 1.29 is 13.2 Å². The molecule has 3 aromatic heterocycles. The van der Waals surface area contributed by atoms with E-state index >= 15 is 0 Å². The Morgan fingerprint density at radius 1 is 1.09 bits per heavy atom. The molecular weight excluding hydrogens is 443 g/mol. The number of aromatic nitrogens is 4. The van der Waals surface area contributed by atoms with Crippen LogP contribution in [0.25, 0.3) is 27.8 Å². The molecule has 4 heterocycles. The summed E-state index contributed by atoms with van der Waals surface area (Å²) < 4.78 is 41.8. The Kier molecular flexibility index (Phi) is 6.56. The zero-order valence-electron chi connectivity index (χ0n) is 19.3. The van der Waals surface area contributed by atoms with Gasteiger partial charge in [-0.3, -0.25) is 9.55 Å². The van der Waals surface area contributed by atoms with E-state index in [0.717, 1.165) is 49.1 Å². The number of rotatable bonds is 2. The molecular formula is C25H26F3N5O. The third-order valence-electron chi connectivity index (χ3n) is 5.92. The van der Waals surface area contributed by atoms with Gasteiger partial charge in [0.1, 0.15) is 5.69 Å². The topological polar surface area (TPSA) is 64.7 Å². The highest BCUT2D eigenvalue weighted by Gasteiger charge is 2.32. The second-order valence-electron chi connectivity index (χ2n) is 7.86. The van der Waals surface area contributed by atoms with E-state index in [1.165, 1.54) is 21.9 Å². The molecule has 1 N–H and O–H groups in total. The fourth-order valence-electron chi connectivity index (χ4n) is 4.29. The molecule has 5 rings (SSSR count). The molecule has 34 heavy (non-hydrogen) atoms. The van der Waals surface area contributed by atoms with Crippen molar-refractivity contribution in [1.82, 2.24) is 24.4 Å². The van der Waals surface area contributed by atoms with E-state index in [0.29, 0.717) is 11.3 Å². The summed E-state index contributed by atoms with van der Waals surface area (Å²) in [5, 5.41) is 4.61. The van der Waals surface area contributed by atoms with Crippen LogP contribution < -0.4 is 11.0 Å². The molecule has 0 saturated heterocycles. The first-order valence-corrected chi connectivity index (χ1v) is 11.3. The van der Waals surface area contributed by atoms with Crippen molar-refractivity contribution in [3.63, 3.8) is 0 Å². The monoisotopic (exact) mass is 469 g/mol. The number of alkyl halides is 3. The molecule has 0 fully saturated rings. The molecule has 6 nitrogen and oxygen atoms in total. The van der Waals surface area contributed by atoms with Crippen LogP contribution in [0, 0.1) is 0 Å². The number of hydrogen-bond acceptors (Lipinski definition) is 4. The van der Waals surface area contributed by atoms with Gasteiger partial charge in [0.15, 0.2) is 0 Å². The van der Waals surface area contributed by atoms with Gasteiger partial charge in [0.2, 0.25) is 0 Å². The highest BCUT2D eigenvalue weighted by Crippen LogP contribution is 2.30. The van der Waals surface area contributed by atoms with Crippen LogP contribution in [0.4, 0.5) is 13.2 Å². The van der Waals surface area contributed by atoms with Gasteiger partial charge in [0.25, 0.3) is 0 Å². The number of benzene rings is 1. The van der Waals surface area contributed by atoms with Gasteiger partial charge >= 0.3 is 11.9 Å². The zero-order chi connectivity index (χ0) is 24.5. The zero-order valence-corrected chi connectivity index (χ0v) is 19.3. The van der Waals surface area contributed by atoms with E-state index in [1.807, 2.05) is 39.1 Å². The normalized spacial score (nSPS) is 13.7. The highest BCUT2D eigenvalue weighted by atomic mass is 19.4. The molecule has 0 bridgehead atoms. The summed E-state index contributed by atoms with van der Waals surface area (Å²) in [6, 6.07) is 9.61. The number of hydrogen-bond donors (Lipinski definition) is 1. The minimum Gasteiger partial charge on any atom is -0.347 e. The van der Waals surface area contributed by atoms with Gasteiger partial charge in [-0.15, -0.1) is 0 Å². The fraction of sp³-hybridized carbons (Fsp3) is 0.320. The van der Waals surface area contributed by atoms with Crippen LogP contribution in [-0.4, -0.2) is 25.6 Å². The van der Waals surface area contributed by atoms with E-state index in [9.17, 15) is 18.0 Å². The van der Waals surface area contributed by atoms with E-state index < -0.39 is 17.6 Å². The lowest BCUT2D eigenvalue weighted by Crippen LogP contribution is -2.21. The predicted molar refractivity (Wildman–Crippen MR) is 126 cm³/mol. The molecule has 0 atom stereocenters. The standard InChI is InChI=1S/C23H20F3N5O.C2H6/c1-30-19-3-2-9-27-13-17(19)16-6-5-15(11-20(16)30)31-10-8-18(29-22(31)32)14-4-7-21(28-12-14)23(24,25)26;1-2/h4-8,10-12,27H,2-3,9,13H2,1H3;1-2H3. The minimum absolute atomic E-state index is 0.269.